The molecule has 0 aliphatic heterocycles. The van der Waals surface area contributed by atoms with Crippen LogP contribution in [0.5, 0.6) is 0 Å². The zero-order chi connectivity index (χ0) is 9.83. The fourth-order valence-corrected chi connectivity index (χ4v) is 3.76. The van der Waals surface area contributed by atoms with Crippen LogP contribution in [0.1, 0.15) is 13.8 Å². The molecular weight excluding hydrogens is 246 g/mol. The second kappa shape index (κ2) is 6.55. The molecule has 2 atom stereocenters. The smallest absolute Gasteiger partial charge is 0.200 e. The van der Waals surface area contributed by atoms with Gasteiger partial charge in [-0.15, -0.1) is 0 Å². The van der Waals surface area contributed by atoms with Gasteiger partial charge in [-0.1, -0.05) is 13.8 Å². The summed E-state index contributed by atoms with van der Waals surface area (Å²) in [5, 5.41) is 0. The molecule has 0 rings (SSSR count). The van der Waals surface area contributed by atoms with E-state index in [9.17, 15) is 9.13 Å². The Morgan fingerprint density at radius 2 is 1.15 bits per heavy atom. The van der Waals surface area contributed by atoms with Crippen LogP contribution in [0.2, 0.25) is 0 Å². The summed E-state index contributed by atoms with van der Waals surface area (Å²) >= 11 is 0. The van der Waals surface area contributed by atoms with Crippen LogP contribution in [-0.4, -0.2) is 34.4 Å². The molecule has 7 heteroatoms. The minimum absolute atomic E-state index is 0. The topological polar surface area (TPSA) is 74.6 Å². The van der Waals surface area contributed by atoms with Gasteiger partial charge in [0.1, 0.15) is 0 Å². The first-order valence-corrected chi connectivity index (χ1v) is 8.00. The zero-order valence-corrected chi connectivity index (χ0v) is 11.3. The normalized spacial score (nSPS) is 19.7. The van der Waals surface area contributed by atoms with Crippen LogP contribution in [-0.2, 0) is 30.8 Å². The van der Waals surface area contributed by atoms with Crippen molar-refractivity contribution in [1.82, 2.24) is 0 Å². The maximum absolute atomic E-state index is 11.1. The van der Waals surface area contributed by atoms with E-state index in [0.29, 0.717) is 0 Å². The van der Waals surface area contributed by atoms with Gasteiger partial charge in [0.2, 0.25) is 14.7 Å². The molecule has 0 aromatic rings. The van der Waals surface area contributed by atoms with Crippen LogP contribution in [0.25, 0.3) is 0 Å². The van der Waals surface area contributed by atoms with E-state index in [2.05, 4.69) is 0 Å². The van der Waals surface area contributed by atoms with Gasteiger partial charge in [0.05, 0.1) is 0 Å². The monoisotopic (exact) mass is 262 g/mol. The summed E-state index contributed by atoms with van der Waals surface area (Å²) in [6.45, 7) is 3.21. The maximum atomic E-state index is 11.1. The number of hydrogen-bond acceptors (Lipinski definition) is 2. The molecule has 0 aliphatic rings. The van der Waals surface area contributed by atoms with Crippen molar-refractivity contribution >= 4 is 14.7 Å². The summed E-state index contributed by atoms with van der Waals surface area (Å²) in [5.41, 5.74) is 0. The molecular formula is C6H16O4P2Ti. The van der Waals surface area contributed by atoms with Crippen LogP contribution >= 0.6 is 14.7 Å². The van der Waals surface area contributed by atoms with Crippen molar-refractivity contribution in [2.45, 2.75) is 13.8 Å². The molecule has 0 spiro atoms. The van der Waals surface area contributed by atoms with E-state index in [-0.39, 0.29) is 46.4 Å². The summed E-state index contributed by atoms with van der Waals surface area (Å²) in [7, 11) is -6.23. The first kappa shape index (κ1) is 16.5. The molecule has 4 nitrogen and oxygen atoms in total. The number of hydrogen-bond donors (Lipinski definition) is 2. The quantitative estimate of drug-likeness (QED) is 0.582. The van der Waals surface area contributed by atoms with Crippen LogP contribution in [0, 0.1) is 0 Å². The Bertz CT molecular complexity index is 207. The van der Waals surface area contributed by atoms with E-state index in [1.54, 1.807) is 13.8 Å². The van der Waals surface area contributed by atoms with Gasteiger partial charge in [-0.2, -0.15) is 0 Å². The van der Waals surface area contributed by atoms with Crippen molar-refractivity contribution in [3.05, 3.63) is 0 Å². The minimum atomic E-state index is -3.12. The van der Waals surface area contributed by atoms with Crippen LogP contribution in [0.3, 0.4) is 0 Å². The molecule has 0 aromatic heterocycles. The molecule has 0 amide bonds. The summed E-state index contributed by atoms with van der Waals surface area (Å²) in [5.74, 6) is 0. The SMILES string of the molecule is CCP(=O)(O)CCP(=O)(O)CC.[Ti]. The van der Waals surface area contributed by atoms with E-state index < -0.39 is 14.7 Å². The first-order valence-electron chi connectivity index (χ1n) is 3.94. The second-order valence-corrected chi connectivity index (χ2v) is 8.32. The van der Waals surface area contributed by atoms with Gasteiger partial charge in [0, 0.05) is 46.4 Å². The third-order valence-electron chi connectivity index (χ3n) is 1.79. The van der Waals surface area contributed by atoms with Crippen molar-refractivity contribution in [2.24, 2.45) is 0 Å². The van der Waals surface area contributed by atoms with Gasteiger partial charge in [0.15, 0.2) is 0 Å². The summed E-state index contributed by atoms with van der Waals surface area (Å²) < 4.78 is 22.1. The molecule has 0 saturated carbocycles. The second-order valence-electron chi connectivity index (χ2n) is 2.77. The van der Waals surface area contributed by atoms with Gasteiger partial charge in [0.25, 0.3) is 0 Å². The molecule has 13 heavy (non-hydrogen) atoms. The fourth-order valence-electron chi connectivity index (χ4n) is 0.629. The Hall–Kier alpha value is 1.09. The van der Waals surface area contributed by atoms with Gasteiger partial charge >= 0.3 is 0 Å². The summed E-state index contributed by atoms with van der Waals surface area (Å²) in [6.07, 6.45) is 0.281. The van der Waals surface area contributed by atoms with Crippen molar-refractivity contribution < 1.29 is 40.6 Å². The molecule has 0 aromatic carbocycles. The van der Waals surface area contributed by atoms with Gasteiger partial charge in [-0.05, 0) is 0 Å². The molecule has 0 aliphatic carbocycles. The summed E-state index contributed by atoms with van der Waals surface area (Å²) in [4.78, 5) is 18.2. The van der Waals surface area contributed by atoms with Crippen molar-refractivity contribution in [1.29, 1.82) is 0 Å². The van der Waals surface area contributed by atoms with E-state index in [0.717, 1.165) is 0 Å². The number of rotatable bonds is 5. The Morgan fingerprint density at radius 1 is 0.923 bits per heavy atom. The molecule has 0 saturated heterocycles. The Morgan fingerprint density at radius 3 is 1.31 bits per heavy atom. The van der Waals surface area contributed by atoms with Gasteiger partial charge < -0.3 is 9.79 Å². The van der Waals surface area contributed by atoms with Crippen molar-refractivity contribution in [2.75, 3.05) is 24.6 Å². The van der Waals surface area contributed by atoms with Crippen LogP contribution in [0.4, 0.5) is 0 Å². The molecule has 0 heterocycles. The predicted molar refractivity (Wildman–Crippen MR) is 50.5 cm³/mol. The molecule has 78 valence electrons. The third-order valence-corrected chi connectivity index (χ3v) is 5.96. The van der Waals surface area contributed by atoms with Crippen molar-refractivity contribution in [3.63, 3.8) is 0 Å². The Labute approximate surface area is 93.9 Å². The molecule has 0 radical (unpaired) electrons. The predicted octanol–water partition coefficient (Wildman–Crippen LogP) is 1.56. The van der Waals surface area contributed by atoms with E-state index in [1.807, 2.05) is 0 Å². The van der Waals surface area contributed by atoms with Crippen LogP contribution < -0.4 is 0 Å². The van der Waals surface area contributed by atoms with E-state index in [4.69, 9.17) is 9.79 Å². The maximum Gasteiger partial charge on any atom is 0.200 e. The Balaban J connectivity index is 0. The third kappa shape index (κ3) is 8.11. The molecule has 0 bridgehead atoms. The molecule has 0 fully saturated rings. The molecule has 2 N–H and O–H groups in total. The van der Waals surface area contributed by atoms with Crippen molar-refractivity contribution in [3.8, 4) is 0 Å². The Kier molecular flexibility index (Phi) is 8.33. The van der Waals surface area contributed by atoms with E-state index >= 15 is 0 Å². The fraction of sp³-hybridized carbons (Fsp3) is 1.00. The average molecular weight is 262 g/mol. The summed E-state index contributed by atoms with van der Waals surface area (Å²) in [6, 6.07) is 0. The zero-order valence-electron chi connectivity index (χ0n) is 7.93. The van der Waals surface area contributed by atoms with E-state index in [1.165, 1.54) is 0 Å². The standard InChI is InChI=1S/C6H16O4P2.Ti/c1-3-11(7,8)5-6-12(9,10)4-2;/h3-6H2,1-2H3,(H,7,8)(H,9,10);. The molecule has 2 unspecified atom stereocenters. The minimum Gasteiger partial charge on any atom is -0.344 e. The van der Waals surface area contributed by atoms with Gasteiger partial charge in [-0.3, -0.25) is 9.13 Å². The van der Waals surface area contributed by atoms with Gasteiger partial charge in [-0.25, -0.2) is 0 Å². The largest absolute Gasteiger partial charge is 0.344 e. The van der Waals surface area contributed by atoms with Crippen LogP contribution in [0.15, 0.2) is 0 Å². The average Bonchev–Trinajstić information content (AvgIpc) is 2.02. The first-order chi connectivity index (χ1) is 5.33.